The van der Waals surface area contributed by atoms with Crippen molar-refractivity contribution in [2.45, 2.75) is 187 Å². The number of ketones is 1. The van der Waals surface area contributed by atoms with Crippen molar-refractivity contribution >= 4 is 53.2 Å². The van der Waals surface area contributed by atoms with Crippen LogP contribution in [0.5, 0.6) is 0 Å². The van der Waals surface area contributed by atoms with Gasteiger partial charge >= 0.3 is 11.9 Å². The molecule has 0 aliphatic heterocycles. The smallest absolute Gasteiger partial charge is 0.303 e. The second kappa shape index (κ2) is 33.1. The molecule has 59 heavy (non-hydrogen) atoms. The van der Waals surface area contributed by atoms with Crippen LogP contribution in [0.4, 0.5) is 0 Å². The molecule has 0 aromatic heterocycles. The van der Waals surface area contributed by atoms with E-state index in [4.69, 9.17) is 11.1 Å². The summed E-state index contributed by atoms with van der Waals surface area (Å²) in [7, 11) is 0. The molecule has 0 aromatic carbocycles. The summed E-state index contributed by atoms with van der Waals surface area (Å²) in [6.07, 6.45) is 14.1. The van der Waals surface area contributed by atoms with E-state index in [9.17, 15) is 48.6 Å². The predicted octanol–water partition coefficient (Wildman–Crippen LogP) is 3.15. The average molecular weight is 839 g/mol. The molecule has 0 spiro atoms. The van der Waals surface area contributed by atoms with Gasteiger partial charge in [0, 0.05) is 25.8 Å². The first-order valence-corrected chi connectivity index (χ1v) is 21.5. The molecule has 0 heterocycles. The highest BCUT2D eigenvalue weighted by Gasteiger charge is 2.33. The normalized spacial score (nSPS) is 13.4. The summed E-state index contributed by atoms with van der Waals surface area (Å²) in [5.74, 6) is -7.19. The van der Waals surface area contributed by atoms with Crippen LogP contribution in [-0.4, -0.2) is 101 Å². The fraction of sp³-hybridized carbons (Fsp3) is 0.780. The number of aliphatic carboxylic acids is 2. The number of hydrogen-bond acceptors (Lipinski definition) is 9. The second-order valence-corrected chi connectivity index (χ2v) is 15.4. The Morgan fingerprint density at radius 1 is 0.559 bits per heavy atom. The van der Waals surface area contributed by atoms with Gasteiger partial charge in [-0.3, -0.25) is 43.8 Å². The van der Waals surface area contributed by atoms with Crippen LogP contribution in [0.3, 0.4) is 0 Å². The number of guanidine groups is 1. The molecular formula is C41H74N8O10. The molecular weight excluding hydrogens is 764 g/mol. The monoisotopic (exact) mass is 839 g/mol. The number of nitrogens with two attached hydrogens (primary N) is 1. The second-order valence-electron chi connectivity index (χ2n) is 15.4. The third kappa shape index (κ3) is 28.3. The minimum absolute atomic E-state index is 0.0139. The summed E-state index contributed by atoms with van der Waals surface area (Å²) in [6.45, 7) is 6.71. The molecule has 18 heteroatoms. The molecule has 0 aliphatic rings. The Bertz CT molecular complexity index is 1330. The summed E-state index contributed by atoms with van der Waals surface area (Å²) in [6, 6.07) is -5.16. The lowest BCUT2D eigenvalue weighted by Crippen LogP contribution is -2.59. The van der Waals surface area contributed by atoms with Crippen molar-refractivity contribution in [2.75, 3.05) is 13.1 Å². The van der Waals surface area contributed by atoms with Crippen LogP contribution in [0.15, 0.2) is 0 Å². The molecule has 0 aromatic rings. The van der Waals surface area contributed by atoms with Crippen LogP contribution >= 0.6 is 0 Å². The van der Waals surface area contributed by atoms with Crippen molar-refractivity contribution in [1.29, 1.82) is 5.41 Å². The van der Waals surface area contributed by atoms with Gasteiger partial charge in [0.25, 0.3) is 0 Å². The Hall–Kier alpha value is -4.77. The standard InChI is InChI=1S/C41H74N8O10/c1-5-7-8-9-10-11-12-13-14-15-16-17-18-21-33(51)46-32(23-25-35(54)55)38(57)47-30(20-19-26-44-41(42)43)39(58)49-36(28(3)6-2)40(59)48-31(22-24-34(52)53)37(56)45-27-29(4)50/h28,30-32,36H,5-27H2,1-4H3,(H,45,56)(H,46,51)(H,47,57)(H,48,59)(H,49,58)(H,52,53)(H,54,55)(H4,42,43,44)/t28-,30-,31-,32?,36-/m0/s1. The summed E-state index contributed by atoms with van der Waals surface area (Å²) in [4.78, 5) is 101. The Balaban J connectivity index is 5.72. The SMILES string of the molecule is CCCCCCCCCCCCCCCC(=O)NC(CCC(=O)O)C(=O)N[C@@H](CCCNC(=N)N)C(=O)N[C@H](C(=O)N[C@@H](CCC(=O)O)C(=O)NCC(C)=O)[C@@H](C)CC. The lowest BCUT2D eigenvalue weighted by molar-refractivity contribution is -0.139. The topological polar surface area (TPSA) is 299 Å². The van der Waals surface area contributed by atoms with Gasteiger partial charge in [-0.15, -0.1) is 0 Å². The van der Waals surface area contributed by atoms with Gasteiger partial charge < -0.3 is 47.8 Å². The van der Waals surface area contributed by atoms with E-state index in [-0.39, 0.29) is 56.9 Å². The van der Waals surface area contributed by atoms with Crippen molar-refractivity contribution in [3.63, 3.8) is 0 Å². The van der Waals surface area contributed by atoms with Crippen LogP contribution < -0.4 is 37.6 Å². The van der Waals surface area contributed by atoms with Crippen LogP contribution in [-0.2, 0) is 38.4 Å². The van der Waals surface area contributed by atoms with E-state index in [2.05, 4.69) is 38.8 Å². The number of Topliss-reactive ketones (excluding diaryl/α,β-unsaturated/α-hetero) is 1. The number of carbonyl (C=O) groups is 8. The largest absolute Gasteiger partial charge is 0.481 e. The molecule has 0 rings (SSSR count). The molecule has 0 aliphatic carbocycles. The van der Waals surface area contributed by atoms with E-state index in [0.29, 0.717) is 12.8 Å². The molecule has 11 N–H and O–H groups in total. The number of nitrogens with one attached hydrogen (secondary N) is 7. The molecule has 0 fully saturated rings. The van der Waals surface area contributed by atoms with Crippen molar-refractivity contribution in [3.8, 4) is 0 Å². The van der Waals surface area contributed by atoms with Gasteiger partial charge in [0.05, 0.1) is 6.54 Å². The maximum absolute atomic E-state index is 13.8. The summed E-state index contributed by atoms with van der Waals surface area (Å²) >= 11 is 0. The van der Waals surface area contributed by atoms with Gasteiger partial charge in [-0.1, -0.05) is 104 Å². The fourth-order valence-corrected chi connectivity index (χ4v) is 6.27. The van der Waals surface area contributed by atoms with E-state index in [0.717, 1.165) is 25.7 Å². The number of amides is 5. The zero-order valence-electron chi connectivity index (χ0n) is 35.9. The Morgan fingerprint density at radius 3 is 1.49 bits per heavy atom. The molecule has 338 valence electrons. The van der Waals surface area contributed by atoms with Crippen molar-refractivity contribution in [2.24, 2.45) is 11.7 Å². The number of carboxylic acids is 2. The minimum atomic E-state index is -1.34. The first-order chi connectivity index (χ1) is 28.0. The van der Waals surface area contributed by atoms with Gasteiger partial charge in [-0.2, -0.15) is 0 Å². The van der Waals surface area contributed by atoms with Crippen LogP contribution in [0, 0.1) is 11.3 Å². The molecule has 0 radical (unpaired) electrons. The van der Waals surface area contributed by atoms with E-state index >= 15 is 0 Å². The Labute approximate surface area is 350 Å². The van der Waals surface area contributed by atoms with Crippen molar-refractivity contribution < 1.29 is 48.6 Å². The number of rotatable bonds is 36. The molecule has 1 unspecified atom stereocenters. The lowest BCUT2D eigenvalue weighted by Gasteiger charge is -2.29. The zero-order valence-corrected chi connectivity index (χ0v) is 35.9. The molecule has 0 saturated carbocycles. The Morgan fingerprint density at radius 2 is 1.02 bits per heavy atom. The third-order valence-electron chi connectivity index (χ3n) is 10.0. The quantitative estimate of drug-likeness (QED) is 0.0247. The number of carbonyl (C=O) groups excluding carboxylic acids is 6. The lowest BCUT2D eigenvalue weighted by atomic mass is 9.96. The maximum Gasteiger partial charge on any atom is 0.303 e. The highest BCUT2D eigenvalue weighted by Crippen LogP contribution is 2.14. The minimum Gasteiger partial charge on any atom is -0.481 e. The van der Waals surface area contributed by atoms with E-state index in [1.165, 1.54) is 58.3 Å². The van der Waals surface area contributed by atoms with Gasteiger partial charge in [-0.25, -0.2) is 0 Å². The predicted molar refractivity (Wildman–Crippen MR) is 224 cm³/mol. The summed E-state index contributed by atoms with van der Waals surface area (Å²) in [5, 5.41) is 41.3. The van der Waals surface area contributed by atoms with E-state index in [1.807, 2.05) is 0 Å². The van der Waals surface area contributed by atoms with Gasteiger partial charge in [-0.05, 0) is 44.9 Å². The van der Waals surface area contributed by atoms with Gasteiger partial charge in [0.2, 0.25) is 29.5 Å². The first kappa shape index (κ1) is 54.2. The summed E-state index contributed by atoms with van der Waals surface area (Å²) in [5.41, 5.74) is 5.38. The van der Waals surface area contributed by atoms with Crippen molar-refractivity contribution in [1.82, 2.24) is 31.9 Å². The van der Waals surface area contributed by atoms with Crippen molar-refractivity contribution in [3.05, 3.63) is 0 Å². The number of hydrogen-bond donors (Lipinski definition) is 10. The first-order valence-electron chi connectivity index (χ1n) is 21.5. The average Bonchev–Trinajstić information content (AvgIpc) is 3.18. The van der Waals surface area contributed by atoms with Gasteiger partial charge in [0.15, 0.2) is 5.96 Å². The number of carboxylic acid groups (broad SMARTS) is 2. The Kier molecular flexibility index (Phi) is 30.4. The maximum atomic E-state index is 13.8. The molecule has 0 bridgehead atoms. The van der Waals surface area contributed by atoms with Crippen LogP contribution in [0.25, 0.3) is 0 Å². The number of unbranched alkanes of at least 4 members (excludes halogenated alkanes) is 12. The molecule has 18 nitrogen and oxygen atoms in total. The molecule has 0 saturated heterocycles. The van der Waals surface area contributed by atoms with Crippen LogP contribution in [0.2, 0.25) is 0 Å². The highest BCUT2D eigenvalue weighted by molar-refractivity contribution is 5.96. The van der Waals surface area contributed by atoms with E-state index < -0.39 is 84.4 Å². The molecule has 5 amide bonds. The molecule has 5 atom stereocenters. The fourth-order valence-electron chi connectivity index (χ4n) is 6.27. The van der Waals surface area contributed by atoms with Crippen LogP contribution in [0.1, 0.15) is 163 Å². The third-order valence-corrected chi connectivity index (χ3v) is 10.0. The summed E-state index contributed by atoms with van der Waals surface area (Å²) < 4.78 is 0. The zero-order chi connectivity index (χ0) is 44.6. The van der Waals surface area contributed by atoms with Gasteiger partial charge in [0.1, 0.15) is 30.0 Å². The highest BCUT2D eigenvalue weighted by atomic mass is 16.4. The van der Waals surface area contributed by atoms with E-state index in [1.54, 1.807) is 13.8 Å².